The molecule has 3 aromatic rings. The van der Waals surface area contributed by atoms with E-state index >= 15 is 0 Å². The van der Waals surface area contributed by atoms with Crippen molar-refractivity contribution in [1.29, 1.82) is 0 Å². The molecule has 0 bridgehead atoms. The van der Waals surface area contributed by atoms with E-state index in [2.05, 4.69) is 41.3 Å². The zero-order valence-corrected chi connectivity index (χ0v) is 14.6. The molecule has 0 saturated carbocycles. The number of nitro benzene ring substituents is 1. The van der Waals surface area contributed by atoms with Crippen LogP contribution >= 0.6 is 0 Å². The van der Waals surface area contributed by atoms with E-state index in [9.17, 15) is 14.9 Å². The van der Waals surface area contributed by atoms with Gasteiger partial charge in [-0.1, -0.05) is 44.2 Å². The molecule has 0 fully saturated rings. The first kappa shape index (κ1) is 17.6. The predicted octanol–water partition coefficient (Wildman–Crippen LogP) is 3.68. The third-order valence-electron chi connectivity index (χ3n) is 4.50. The first-order valence-corrected chi connectivity index (χ1v) is 8.42. The fraction of sp³-hybridized carbons (Fsp3) is 0.263. The average Bonchev–Trinajstić information content (AvgIpc) is 2.62. The van der Waals surface area contributed by atoms with Crippen LogP contribution in [-0.4, -0.2) is 21.4 Å². The van der Waals surface area contributed by atoms with Gasteiger partial charge in [-0.25, -0.2) is 4.98 Å². The van der Waals surface area contributed by atoms with Gasteiger partial charge in [0.1, 0.15) is 5.69 Å². The van der Waals surface area contributed by atoms with Crippen LogP contribution in [0.3, 0.4) is 0 Å². The number of benzene rings is 2. The van der Waals surface area contributed by atoms with Crippen molar-refractivity contribution < 1.29 is 4.92 Å². The highest BCUT2D eigenvalue weighted by molar-refractivity contribution is 5.86. The van der Waals surface area contributed by atoms with E-state index in [0.29, 0.717) is 23.7 Å². The van der Waals surface area contributed by atoms with Crippen LogP contribution in [0.15, 0.2) is 53.6 Å². The Balaban J connectivity index is 1.95. The summed E-state index contributed by atoms with van der Waals surface area (Å²) in [6, 6.07) is 12.9. The lowest BCUT2D eigenvalue weighted by molar-refractivity contribution is -0.383. The number of nitrogens with one attached hydrogen (secondary N) is 2. The number of hydrogen-bond acceptors (Lipinski definition) is 5. The Morgan fingerprint density at radius 1 is 1.23 bits per heavy atom. The van der Waals surface area contributed by atoms with Crippen LogP contribution < -0.4 is 10.9 Å². The molecule has 1 atom stereocenters. The minimum Gasteiger partial charge on any atom is -0.379 e. The number of nitro groups is 1. The van der Waals surface area contributed by atoms with E-state index in [1.165, 1.54) is 18.0 Å². The van der Waals surface area contributed by atoms with Crippen molar-refractivity contribution in [1.82, 2.24) is 9.97 Å². The lowest BCUT2D eigenvalue weighted by atomic mass is 9.88. The van der Waals surface area contributed by atoms with E-state index in [1.54, 1.807) is 6.07 Å². The van der Waals surface area contributed by atoms with Crippen LogP contribution in [0.5, 0.6) is 0 Å². The molecule has 0 saturated heterocycles. The molecule has 7 heteroatoms. The number of hydrogen-bond donors (Lipinski definition) is 2. The molecule has 0 aliphatic carbocycles. The smallest absolute Gasteiger partial charge is 0.293 e. The number of aromatic amines is 1. The van der Waals surface area contributed by atoms with Gasteiger partial charge in [0.25, 0.3) is 11.2 Å². The van der Waals surface area contributed by atoms with Crippen molar-refractivity contribution in [3.63, 3.8) is 0 Å². The van der Waals surface area contributed by atoms with Crippen LogP contribution in [0.4, 0.5) is 11.4 Å². The maximum Gasteiger partial charge on any atom is 0.293 e. The van der Waals surface area contributed by atoms with Crippen molar-refractivity contribution in [2.75, 3.05) is 11.9 Å². The molecule has 1 aromatic heterocycles. The first-order valence-electron chi connectivity index (χ1n) is 8.42. The van der Waals surface area contributed by atoms with Gasteiger partial charge in [-0.15, -0.1) is 0 Å². The second kappa shape index (κ2) is 7.35. The summed E-state index contributed by atoms with van der Waals surface area (Å²) < 4.78 is 0. The maximum absolute atomic E-state index is 11.9. The van der Waals surface area contributed by atoms with Crippen molar-refractivity contribution >= 4 is 22.3 Å². The van der Waals surface area contributed by atoms with E-state index in [0.717, 1.165) is 0 Å². The molecular weight excluding hydrogens is 332 g/mol. The summed E-state index contributed by atoms with van der Waals surface area (Å²) in [7, 11) is 0. The Bertz CT molecular complexity index is 983. The summed E-state index contributed by atoms with van der Waals surface area (Å²) in [6.07, 6.45) is 1.29. The molecule has 1 unspecified atom stereocenters. The third kappa shape index (κ3) is 3.56. The SMILES string of the molecule is CC(C)C(CNc1cc2nc[nH]c(=O)c2cc1[N+](=O)[O-])c1ccccc1. The molecule has 0 spiro atoms. The fourth-order valence-electron chi connectivity index (χ4n) is 3.05. The van der Waals surface area contributed by atoms with E-state index in [4.69, 9.17) is 0 Å². The predicted molar refractivity (Wildman–Crippen MR) is 102 cm³/mol. The minimum absolute atomic E-state index is 0.133. The Hall–Kier alpha value is -3.22. The van der Waals surface area contributed by atoms with E-state index in [-0.39, 0.29) is 17.0 Å². The Kier molecular flexibility index (Phi) is 4.97. The molecule has 1 heterocycles. The van der Waals surface area contributed by atoms with Gasteiger partial charge in [0, 0.05) is 18.5 Å². The van der Waals surface area contributed by atoms with Crippen molar-refractivity contribution in [3.05, 3.63) is 74.8 Å². The molecule has 7 nitrogen and oxygen atoms in total. The number of aromatic nitrogens is 2. The summed E-state index contributed by atoms with van der Waals surface area (Å²) in [5.74, 6) is 0.545. The average molecular weight is 352 g/mol. The van der Waals surface area contributed by atoms with Gasteiger partial charge in [0.05, 0.1) is 22.2 Å². The largest absolute Gasteiger partial charge is 0.379 e. The number of fused-ring (bicyclic) bond motifs is 1. The molecule has 0 radical (unpaired) electrons. The van der Waals surface area contributed by atoms with Crippen LogP contribution in [0.2, 0.25) is 0 Å². The number of rotatable bonds is 6. The van der Waals surface area contributed by atoms with Crippen LogP contribution in [0.25, 0.3) is 10.9 Å². The maximum atomic E-state index is 11.9. The lowest BCUT2D eigenvalue weighted by Crippen LogP contribution is -2.18. The normalized spacial score (nSPS) is 12.3. The Labute approximate surface area is 150 Å². The number of H-pyrrole nitrogens is 1. The second-order valence-corrected chi connectivity index (χ2v) is 6.52. The van der Waals surface area contributed by atoms with Gasteiger partial charge < -0.3 is 10.3 Å². The lowest BCUT2D eigenvalue weighted by Gasteiger charge is -2.22. The summed E-state index contributed by atoms with van der Waals surface area (Å²) in [6.45, 7) is 4.78. The van der Waals surface area contributed by atoms with Crippen molar-refractivity contribution in [2.24, 2.45) is 5.92 Å². The quantitative estimate of drug-likeness (QED) is 0.520. The van der Waals surface area contributed by atoms with Crippen molar-refractivity contribution in [2.45, 2.75) is 19.8 Å². The van der Waals surface area contributed by atoms with E-state index < -0.39 is 10.5 Å². The molecule has 0 aliphatic heterocycles. The Morgan fingerprint density at radius 2 is 1.96 bits per heavy atom. The summed E-state index contributed by atoms with van der Waals surface area (Å²) >= 11 is 0. The monoisotopic (exact) mass is 352 g/mol. The standard InChI is InChI=1S/C19H20N4O3/c1-12(2)15(13-6-4-3-5-7-13)10-20-17-9-16-14(8-18(17)23(25)26)19(24)22-11-21-16/h3-9,11-12,15,20H,10H2,1-2H3,(H,21,22,24). The summed E-state index contributed by atoms with van der Waals surface area (Å²) in [4.78, 5) is 29.4. The summed E-state index contributed by atoms with van der Waals surface area (Å²) in [5, 5.41) is 14.9. The van der Waals surface area contributed by atoms with Gasteiger partial charge in [-0.05, 0) is 17.5 Å². The third-order valence-corrected chi connectivity index (χ3v) is 4.50. The zero-order chi connectivity index (χ0) is 18.7. The molecule has 2 N–H and O–H groups in total. The molecule has 0 aliphatic rings. The highest BCUT2D eigenvalue weighted by atomic mass is 16.6. The van der Waals surface area contributed by atoms with Gasteiger partial charge >= 0.3 is 0 Å². The molecular formula is C19H20N4O3. The number of nitrogens with zero attached hydrogens (tertiary/aromatic N) is 2. The highest BCUT2D eigenvalue weighted by Gasteiger charge is 2.20. The molecule has 0 amide bonds. The van der Waals surface area contributed by atoms with Gasteiger partial charge in [-0.2, -0.15) is 0 Å². The fourth-order valence-corrected chi connectivity index (χ4v) is 3.05. The Morgan fingerprint density at radius 3 is 2.62 bits per heavy atom. The highest BCUT2D eigenvalue weighted by Crippen LogP contribution is 2.30. The molecule has 2 aromatic carbocycles. The van der Waals surface area contributed by atoms with Gasteiger partial charge in [0.15, 0.2) is 0 Å². The summed E-state index contributed by atoms with van der Waals surface area (Å²) in [5.41, 5.74) is 1.43. The van der Waals surface area contributed by atoms with E-state index in [1.807, 2.05) is 18.2 Å². The van der Waals surface area contributed by atoms with Crippen molar-refractivity contribution in [3.8, 4) is 0 Å². The number of anilines is 1. The second-order valence-electron chi connectivity index (χ2n) is 6.52. The van der Waals surface area contributed by atoms with Gasteiger partial charge in [-0.3, -0.25) is 14.9 Å². The topological polar surface area (TPSA) is 101 Å². The van der Waals surface area contributed by atoms with Crippen LogP contribution in [0, 0.1) is 16.0 Å². The zero-order valence-electron chi connectivity index (χ0n) is 14.6. The molecule has 134 valence electrons. The first-order chi connectivity index (χ1) is 12.5. The van der Waals surface area contributed by atoms with Gasteiger partial charge in [0.2, 0.25) is 0 Å². The molecule has 3 rings (SSSR count). The molecule has 26 heavy (non-hydrogen) atoms. The van der Waals surface area contributed by atoms with Crippen LogP contribution in [-0.2, 0) is 0 Å². The van der Waals surface area contributed by atoms with Crippen LogP contribution in [0.1, 0.15) is 25.3 Å². The minimum atomic E-state index is -0.485.